The molecule has 3 N–H and O–H groups in total. The summed E-state index contributed by atoms with van der Waals surface area (Å²) >= 11 is 0. The average Bonchev–Trinajstić information content (AvgIpc) is 2.35. The van der Waals surface area contributed by atoms with Crippen molar-refractivity contribution >= 4 is 5.69 Å². The highest BCUT2D eigenvalue weighted by atomic mass is 14.9. The molecule has 0 aromatic heterocycles. The van der Waals surface area contributed by atoms with Crippen molar-refractivity contribution in [3.05, 3.63) is 29.8 Å². The third-order valence-electron chi connectivity index (χ3n) is 3.60. The van der Waals surface area contributed by atoms with Crippen LogP contribution in [-0.2, 0) is 6.42 Å². The molecule has 1 rings (SSSR count). The van der Waals surface area contributed by atoms with Gasteiger partial charge in [0.2, 0.25) is 0 Å². The van der Waals surface area contributed by atoms with Gasteiger partial charge in [-0.2, -0.15) is 0 Å². The fourth-order valence-corrected chi connectivity index (χ4v) is 2.35. The van der Waals surface area contributed by atoms with Crippen LogP contribution in [0.3, 0.4) is 0 Å². The Morgan fingerprint density at radius 3 is 2.68 bits per heavy atom. The number of benzene rings is 1. The van der Waals surface area contributed by atoms with E-state index in [0.717, 1.165) is 25.2 Å². The molecule has 0 bridgehead atoms. The Labute approximate surface area is 118 Å². The number of hydrogen-bond acceptors (Lipinski definition) is 2. The van der Waals surface area contributed by atoms with Crippen LogP contribution < -0.4 is 11.1 Å². The number of nitrogen functional groups attached to an aromatic ring is 1. The minimum atomic E-state index is 0.408. The quantitative estimate of drug-likeness (QED) is 0.521. The smallest absolute Gasteiger partial charge is 0.0316 e. The van der Waals surface area contributed by atoms with Crippen molar-refractivity contribution in [3.8, 4) is 0 Å². The molecule has 0 atom stereocenters. The molecule has 19 heavy (non-hydrogen) atoms. The number of unbranched alkanes of at least 4 members (excludes halogenated alkanes) is 2. The van der Waals surface area contributed by atoms with Gasteiger partial charge in [-0.1, -0.05) is 52.2 Å². The topological polar surface area (TPSA) is 38.0 Å². The van der Waals surface area contributed by atoms with Crippen LogP contribution in [-0.4, -0.2) is 13.1 Å². The molecular formula is C17H30N2. The van der Waals surface area contributed by atoms with Crippen LogP contribution in [0.2, 0.25) is 0 Å². The SMILES string of the molecule is CCCCCC(C)(C)CNCCc1cccc(N)c1. The molecule has 0 aliphatic carbocycles. The fourth-order valence-electron chi connectivity index (χ4n) is 2.35. The van der Waals surface area contributed by atoms with Crippen molar-refractivity contribution in [3.63, 3.8) is 0 Å². The molecule has 1 aromatic carbocycles. The van der Waals surface area contributed by atoms with Crippen LogP contribution in [0.25, 0.3) is 0 Å². The van der Waals surface area contributed by atoms with E-state index in [1.807, 2.05) is 12.1 Å². The zero-order valence-corrected chi connectivity index (χ0v) is 12.8. The Balaban J connectivity index is 2.19. The second kappa shape index (κ2) is 8.21. The summed E-state index contributed by atoms with van der Waals surface area (Å²) in [5, 5.41) is 3.58. The largest absolute Gasteiger partial charge is 0.399 e. The lowest BCUT2D eigenvalue weighted by Gasteiger charge is -2.25. The molecule has 0 radical (unpaired) electrons. The molecule has 2 nitrogen and oxygen atoms in total. The standard InChI is InChI=1S/C17H30N2/c1-4-5-6-11-17(2,3)14-19-12-10-15-8-7-9-16(18)13-15/h7-9,13,19H,4-6,10-12,14,18H2,1-3H3. The predicted octanol–water partition coefficient (Wildman–Crippen LogP) is 4.01. The molecule has 0 heterocycles. The molecular weight excluding hydrogens is 232 g/mol. The predicted molar refractivity (Wildman–Crippen MR) is 85.4 cm³/mol. The fraction of sp³-hybridized carbons (Fsp3) is 0.647. The van der Waals surface area contributed by atoms with Crippen molar-refractivity contribution in [1.29, 1.82) is 0 Å². The molecule has 0 fully saturated rings. The first kappa shape index (κ1) is 16.0. The maximum Gasteiger partial charge on any atom is 0.0316 e. The molecule has 108 valence electrons. The second-order valence-corrected chi connectivity index (χ2v) is 6.29. The summed E-state index contributed by atoms with van der Waals surface area (Å²) in [5.74, 6) is 0. The van der Waals surface area contributed by atoms with E-state index >= 15 is 0 Å². The monoisotopic (exact) mass is 262 g/mol. The van der Waals surface area contributed by atoms with Crippen LogP contribution in [0.15, 0.2) is 24.3 Å². The van der Waals surface area contributed by atoms with E-state index < -0.39 is 0 Å². The van der Waals surface area contributed by atoms with E-state index in [1.165, 1.54) is 31.2 Å². The first-order valence-electron chi connectivity index (χ1n) is 7.58. The summed E-state index contributed by atoms with van der Waals surface area (Å²) < 4.78 is 0. The van der Waals surface area contributed by atoms with Gasteiger partial charge in [0.05, 0.1) is 0 Å². The summed E-state index contributed by atoms with van der Waals surface area (Å²) in [6.07, 6.45) is 6.37. The number of rotatable bonds is 9. The Hall–Kier alpha value is -1.02. The summed E-state index contributed by atoms with van der Waals surface area (Å²) in [6, 6.07) is 8.17. The summed E-state index contributed by atoms with van der Waals surface area (Å²) in [6.45, 7) is 9.10. The van der Waals surface area contributed by atoms with Gasteiger partial charge in [-0.25, -0.2) is 0 Å². The lowest BCUT2D eigenvalue weighted by Crippen LogP contribution is -2.30. The van der Waals surface area contributed by atoms with Gasteiger partial charge in [-0.15, -0.1) is 0 Å². The summed E-state index contributed by atoms with van der Waals surface area (Å²) in [4.78, 5) is 0. The second-order valence-electron chi connectivity index (χ2n) is 6.29. The van der Waals surface area contributed by atoms with E-state index in [9.17, 15) is 0 Å². The normalized spacial score (nSPS) is 11.7. The van der Waals surface area contributed by atoms with Gasteiger partial charge in [0.15, 0.2) is 0 Å². The first-order valence-corrected chi connectivity index (χ1v) is 7.58. The Kier molecular flexibility index (Phi) is 6.93. The van der Waals surface area contributed by atoms with Crippen LogP contribution >= 0.6 is 0 Å². The average molecular weight is 262 g/mol. The molecule has 0 unspecified atom stereocenters. The lowest BCUT2D eigenvalue weighted by molar-refractivity contribution is 0.303. The maximum atomic E-state index is 5.78. The third-order valence-corrected chi connectivity index (χ3v) is 3.60. The van der Waals surface area contributed by atoms with Crippen LogP contribution in [0.4, 0.5) is 5.69 Å². The van der Waals surface area contributed by atoms with Crippen molar-refractivity contribution in [1.82, 2.24) is 5.32 Å². The molecule has 0 aliphatic heterocycles. The molecule has 0 amide bonds. The van der Waals surface area contributed by atoms with Crippen LogP contribution in [0, 0.1) is 5.41 Å². The van der Waals surface area contributed by atoms with E-state index in [4.69, 9.17) is 5.73 Å². The minimum Gasteiger partial charge on any atom is -0.399 e. The van der Waals surface area contributed by atoms with Gasteiger partial charge in [-0.05, 0) is 42.5 Å². The van der Waals surface area contributed by atoms with E-state index in [1.54, 1.807) is 0 Å². The Bertz CT molecular complexity index is 358. The van der Waals surface area contributed by atoms with E-state index in [-0.39, 0.29) is 0 Å². The zero-order chi connectivity index (χ0) is 14.1. The highest BCUT2D eigenvalue weighted by Crippen LogP contribution is 2.22. The minimum absolute atomic E-state index is 0.408. The van der Waals surface area contributed by atoms with Gasteiger partial charge in [0.25, 0.3) is 0 Å². The van der Waals surface area contributed by atoms with Gasteiger partial charge in [0, 0.05) is 12.2 Å². The van der Waals surface area contributed by atoms with Crippen molar-refractivity contribution in [2.45, 2.75) is 52.9 Å². The Morgan fingerprint density at radius 1 is 1.21 bits per heavy atom. The molecule has 2 heteroatoms. The molecule has 0 spiro atoms. The zero-order valence-electron chi connectivity index (χ0n) is 12.8. The first-order chi connectivity index (χ1) is 9.03. The van der Waals surface area contributed by atoms with Crippen molar-refractivity contribution in [2.24, 2.45) is 5.41 Å². The molecule has 0 saturated carbocycles. The molecule has 0 saturated heterocycles. The highest BCUT2D eigenvalue weighted by molar-refractivity contribution is 5.40. The number of nitrogens with two attached hydrogens (primary N) is 1. The van der Waals surface area contributed by atoms with Crippen LogP contribution in [0.5, 0.6) is 0 Å². The summed E-state index contributed by atoms with van der Waals surface area (Å²) in [7, 11) is 0. The lowest BCUT2D eigenvalue weighted by atomic mass is 9.87. The molecule has 0 aliphatic rings. The molecule has 1 aromatic rings. The highest BCUT2D eigenvalue weighted by Gasteiger charge is 2.16. The maximum absolute atomic E-state index is 5.78. The number of nitrogens with one attached hydrogen (secondary N) is 1. The van der Waals surface area contributed by atoms with Gasteiger partial charge < -0.3 is 11.1 Å². The van der Waals surface area contributed by atoms with E-state index in [2.05, 4.69) is 38.2 Å². The van der Waals surface area contributed by atoms with Crippen molar-refractivity contribution < 1.29 is 0 Å². The van der Waals surface area contributed by atoms with Crippen LogP contribution in [0.1, 0.15) is 52.0 Å². The van der Waals surface area contributed by atoms with E-state index in [0.29, 0.717) is 5.41 Å². The summed E-state index contributed by atoms with van der Waals surface area (Å²) in [5.41, 5.74) is 8.36. The van der Waals surface area contributed by atoms with Gasteiger partial charge in [0.1, 0.15) is 0 Å². The number of hydrogen-bond donors (Lipinski definition) is 2. The van der Waals surface area contributed by atoms with Gasteiger partial charge in [-0.3, -0.25) is 0 Å². The third kappa shape index (κ3) is 7.22. The number of anilines is 1. The van der Waals surface area contributed by atoms with Crippen molar-refractivity contribution in [2.75, 3.05) is 18.8 Å². The Morgan fingerprint density at radius 2 is 2.00 bits per heavy atom. The van der Waals surface area contributed by atoms with Gasteiger partial charge >= 0.3 is 0 Å².